The van der Waals surface area contributed by atoms with Crippen LogP contribution in [0, 0.1) is 6.92 Å². The number of benzene rings is 1. The van der Waals surface area contributed by atoms with Crippen molar-refractivity contribution in [1.82, 2.24) is 19.7 Å². The lowest BCUT2D eigenvalue weighted by Crippen LogP contribution is -2.36. The van der Waals surface area contributed by atoms with Gasteiger partial charge in [0, 0.05) is 23.7 Å². The van der Waals surface area contributed by atoms with E-state index >= 15 is 0 Å². The monoisotopic (exact) mass is 448 g/mol. The number of rotatable bonds is 5. The molecule has 0 radical (unpaired) electrons. The maximum atomic E-state index is 13.6. The Labute approximate surface area is 190 Å². The van der Waals surface area contributed by atoms with Gasteiger partial charge in [0.05, 0.1) is 37.9 Å². The van der Waals surface area contributed by atoms with Crippen molar-refractivity contribution in [3.63, 3.8) is 0 Å². The second kappa shape index (κ2) is 8.27. The highest BCUT2D eigenvalue weighted by molar-refractivity contribution is 7.09. The molecule has 5 rings (SSSR count). The quantitative estimate of drug-likeness (QED) is 0.460. The van der Waals surface area contributed by atoms with Crippen LogP contribution in [0.2, 0.25) is 0 Å². The number of methoxy groups -OCH3 is 2. The fourth-order valence-electron chi connectivity index (χ4n) is 4.24. The number of aromatic nitrogens is 3. The van der Waals surface area contributed by atoms with Gasteiger partial charge in [0.25, 0.3) is 5.91 Å². The van der Waals surface area contributed by atoms with Gasteiger partial charge >= 0.3 is 0 Å². The third kappa shape index (κ3) is 3.60. The van der Waals surface area contributed by atoms with Gasteiger partial charge in [-0.2, -0.15) is 5.10 Å². The van der Waals surface area contributed by atoms with Gasteiger partial charge in [0.15, 0.2) is 17.1 Å². The van der Waals surface area contributed by atoms with E-state index in [1.165, 1.54) is 10.4 Å². The van der Waals surface area contributed by atoms with Crippen LogP contribution < -0.4 is 9.47 Å². The molecular weight excluding hydrogens is 424 g/mol. The molecule has 0 saturated carbocycles. The molecule has 7 nitrogen and oxygen atoms in total. The van der Waals surface area contributed by atoms with Crippen LogP contribution in [0.15, 0.2) is 41.9 Å². The average Bonchev–Trinajstić information content (AvgIpc) is 3.47. The molecule has 0 bridgehead atoms. The van der Waals surface area contributed by atoms with E-state index in [0.29, 0.717) is 30.9 Å². The normalized spacial score (nSPS) is 13.3. The molecule has 1 aromatic carbocycles. The Morgan fingerprint density at radius 2 is 1.94 bits per heavy atom. The highest BCUT2D eigenvalue weighted by Gasteiger charge is 2.26. The number of carbonyl (C=O) groups excluding carboxylic acids is 1. The zero-order valence-electron chi connectivity index (χ0n) is 18.3. The molecule has 8 heteroatoms. The molecule has 0 spiro atoms. The molecule has 32 heavy (non-hydrogen) atoms. The predicted molar refractivity (Wildman–Crippen MR) is 124 cm³/mol. The summed E-state index contributed by atoms with van der Waals surface area (Å²) in [4.78, 5) is 21.4. The number of nitrogens with zero attached hydrogens (tertiary/aromatic N) is 4. The first-order valence-corrected chi connectivity index (χ1v) is 11.3. The number of pyridine rings is 1. The van der Waals surface area contributed by atoms with Crippen LogP contribution in [-0.4, -0.2) is 46.3 Å². The van der Waals surface area contributed by atoms with Crippen LogP contribution in [-0.2, 0) is 19.5 Å². The van der Waals surface area contributed by atoms with E-state index < -0.39 is 0 Å². The summed E-state index contributed by atoms with van der Waals surface area (Å²) >= 11 is 1.68. The van der Waals surface area contributed by atoms with Crippen molar-refractivity contribution in [2.75, 3.05) is 20.8 Å². The maximum absolute atomic E-state index is 13.6. The van der Waals surface area contributed by atoms with E-state index in [9.17, 15) is 4.79 Å². The molecule has 4 heterocycles. The molecule has 1 aliphatic heterocycles. The lowest BCUT2D eigenvalue weighted by atomic mass is 9.98. The maximum Gasteiger partial charge on any atom is 0.255 e. The van der Waals surface area contributed by atoms with Crippen molar-refractivity contribution in [3.8, 4) is 11.5 Å². The Hall–Kier alpha value is -3.39. The first kappa shape index (κ1) is 20.5. The van der Waals surface area contributed by atoms with Crippen molar-refractivity contribution in [2.45, 2.75) is 26.4 Å². The summed E-state index contributed by atoms with van der Waals surface area (Å²) in [6.45, 7) is 3.74. The van der Waals surface area contributed by atoms with E-state index in [2.05, 4.69) is 16.1 Å². The highest BCUT2D eigenvalue weighted by atomic mass is 32.1. The average molecular weight is 449 g/mol. The molecular formula is C24H24N4O3S. The van der Waals surface area contributed by atoms with Crippen LogP contribution in [0.3, 0.4) is 0 Å². The van der Waals surface area contributed by atoms with Crippen LogP contribution in [0.25, 0.3) is 11.0 Å². The largest absolute Gasteiger partial charge is 0.493 e. The SMILES string of the molecule is COc1cc2c(cc1OC)CN(C(=O)c1cc(C)nc3c1cnn3Cc1cccs1)CC2. The van der Waals surface area contributed by atoms with E-state index in [1.807, 2.05) is 46.2 Å². The third-order valence-electron chi connectivity index (χ3n) is 5.86. The van der Waals surface area contributed by atoms with Gasteiger partial charge < -0.3 is 14.4 Å². The van der Waals surface area contributed by atoms with Crippen molar-refractivity contribution in [1.29, 1.82) is 0 Å². The summed E-state index contributed by atoms with van der Waals surface area (Å²) in [6.07, 6.45) is 2.53. The van der Waals surface area contributed by atoms with Crippen LogP contribution in [0.5, 0.6) is 11.5 Å². The molecule has 4 aromatic rings. The van der Waals surface area contributed by atoms with Crippen LogP contribution >= 0.6 is 11.3 Å². The summed E-state index contributed by atoms with van der Waals surface area (Å²) in [5.41, 5.74) is 4.46. The van der Waals surface area contributed by atoms with E-state index in [4.69, 9.17) is 9.47 Å². The summed E-state index contributed by atoms with van der Waals surface area (Å²) in [5.74, 6) is 1.39. The molecule has 1 amide bonds. The molecule has 0 unspecified atom stereocenters. The number of hydrogen-bond donors (Lipinski definition) is 0. The van der Waals surface area contributed by atoms with Gasteiger partial charge in [0.2, 0.25) is 0 Å². The van der Waals surface area contributed by atoms with Crippen molar-refractivity contribution in [3.05, 3.63) is 69.2 Å². The zero-order valence-corrected chi connectivity index (χ0v) is 19.1. The number of ether oxygens (including phenoxy) is 2. The van der Waals surface area contributed by atoms with Crippen LogP contribution in [0.4, 0.5) is 0 Å². The van der Waals surface area contributed by atoms with Gasteiger partial charge in [-0.3, -0.25) is 4.79 Å². The van der Waals surface area contributed by atoms with Crippen LogP contribution in [0.1, 0.15) is 32.1 Å². The fourth-order valence-corrected chi connectivity index (χ4v) is 4.93. The van der Waals surface area contributed by atoms with Gasteiger partial charge in [-0.25, -0.2) is 9.67 Å². The number of fused-ring (bicyclic) bond motifs is 2. The van der Waals surface area contributed by atoms with E-state index in [1.54, 1.807) is 31.8 Å². The third-order valence-corrected chi connectivity index (χ3v) is 6.72. The molecule has 0 aliphatic carbocycles. The standard InChI is InChI=1S/C24H24N4O3S/c1-15-9-19(20-12-25-28(23(20)26-15)14-18-5-4-8-32-18)24(29)27-7-6-16-10-21(30-2)22(31-3)11-17(16)13-27/h4-5,8-12H,6-7,13-14H2,1-3H3. The number of hydrogen-bond acceptors (Lipinski definition) is 6. The zero-order chi connectivity index (χ0) is 22.2. The second-order valence-electron chi connectivity index (χ2n) is 7.88. The van der Waals surface area contributed by atoms with Crippen molar-refractivity contribution in [2.24, 2.45) is 0 Å². The van der Waals surface area contributed by atoms with E-state index in [-0.39, 0.29) is 5.91 Å². The van der Waals surface area contributed by atoms with Crippen molar-refractivity contribution < 1.29 is 14.3 Å². The summed E-state index contributed by atoms with van der Waals surface area (Å²) in [6, 6.07) is 9.96. The number of thiophene rings is 1. The number of aryl methyl sites for hydroxylation is 1. The first-order valence-electron chi connectivity index (χ1n) is 10.5. The summed E-state index contributed by atoms with van der Waals surface area (Å²) in [5, 5.41) is 7.37. The molecule has 0 saturated heterocycles. The topological polar surface area (TPSA) is 69.5 Å². The van der Waals surface area contributed by atoms with Gasteiger partial charge in [-0.15, -0.1) is 11.3 Å². The molecule has 0 N–H and O–H groups in total. The van der Waals surface area contributed by atoms with Crippen molar-refractivity contribution >= 4 is 28.3 Å². The first-order chi connectivity index (χ1) is 15.6. The molecule has 3 aromatic heterocycles. The lowest BCUT2D eigenvalue weighted by Gasteiger charge is -2.30. The minimum absolute atomic E-state index is 0.00314. The lowest BCUT2D eigenvalue weighted by molar-refractivity contribution is 0.0736. The van der Waals surface area contributed by atoms with Gasteiger partial charge in [-0.05, 0) is 54.1 Å². The Bertz CT molecular complexity index is 1300. The predicted octanol–water partition coefficient (Wildman–Crippen LogP) is 4.07. The Balaban J connectivity index is 1.47. The minimum Gasteiger partial charge on any atom is -0.493 e. The number of carbonyl (C=O) groups is 1. The molecule has 0 atom stereocenters. The Morgan fingerprint density at radius 3 is 2.66 bits per heavy atom. The van der Waals surface area contributed by atoms with E-state index in [0.717, 1.165) is 34.5 Å². The molecule has 1 aliphatic rings. The van der Waals surface area contributed by atoms with Gasteiger partial charge in [-0.1, -0.05) is 6.07 Å². The summed E-state index contributed by atoms with van der Waals surface area (Å²) in [7, 11) is 3.26. The highest BCUT2D eigenvalue weighted by Crippen LogP contribution is 2.34. The Morgan fingerprint density at radius 1 is 1.16 bits per heavy atom. The fraction of sp³-hybridized carbons (Fsp3) is 0.292. The van der Waals surface area contributed by atoms with Gasteiger partial charge in [0.1, 0.15) is 0 Å². The summed E-state index contributed by atoms with van der Waals surface area (Å²) < 4.78 is 12.7. The smallest absolute Gasteiger partial charge is 0.255 e. The number of amides is 1. The Kier molecular flexibility index (Phi) is 5.30. The molecule has 164 valence electrons. The molecule has 0 fully saturated rings. The second-order valence-corrected chi connectivity index (χ2v) is 8.91. The minimum atomic E-state index is -0.00314.